The van der Waals surface area contributed by atoms with Crippen LogP contribution in [0.3, 0.4) is 0 Å². The van der Waals surface area contributed by atoms with E-state index in [0.29, 0.717) is 29.7 Å². The highest BCUT2D eigenvalue weighted by Crippen LogP contribution is 2.18. The quantitative estimate of drug-likeness (QED) is 0.732. The zero-order chi connectivity index (χ0) is 15.2. The van der Waals surface area contributed by atoms with E-state index in [1.807, 2.05) is 0 Å². The molecule has 112 valence electrons. The van der Waals surface area contributed by atoms with Crippen molar-refractivity contribution >= 4 is 17.4 Å². The Morgan fingerprint density at radius 3 is 2.76 bits per heavy atom. The molecule has 0 N–H and O–H groups in total. The van der Waals surface area contributed by atoms with Gasteiger partial charge in [-0.05, 0) is 5.56 Å². The third-order valence-electron chi connectivity index (χ3n) is 2.94. The molecule has 0 atom stereocenters. The number of nitrogens with zero attached hydrogens (tertiary/aromatic N) is 3. The predicted molar refractivity (Wildman–Crippen MR) is 77.9 cm³/mol. The smallest absolute Gasteiger partial charge is 0.212 e. The van der Waals surface area contributed by atoms with E-state index < -0.39 is 0 Å². The second kappa shape index (κ2) is 7.19. The Kier molecular flexibility index (Phi) is 5.30. The van der Waals surface area contributed by atoms with Gasteiger partial charge in [0.05, 0.1) is 31.5 Å². The van der Waals surface area contributed by atoms with Crippen LogP contribution in [0.25, 0.3) is 0 Å². The minimum absolute atomic E-state index is 0.111. The molecule has 0 unspecified atom stereocenters. The topological polar surface area (TPSA) is 66.2 Å². The SMILES string of the molecule is COCCn1ncc(Cl)c1C(=O)Cc1ccc(OC)nc1. The highest BCUT2D eigenvalue weighted by atomic mass is 35.5. The Morgan fingerprint density at radius 2 is 2.14 bits per heavy atom. The van der Waals surface area contributed by atoms with E-state index in [1.165, 1.54) is 6.20 Å². The van der Waals surface area contributed by atoms with Gasteiger partial charge < -0.3 is 9.47 Å². The standard InChI is InChI=1S/C14H16ClN3O3/c1-20-6-5-18-14(11(15)9-17-18)12(19)7-10-3-4-13(21-2)16-8-10/h3-4,8-9H,5-7H2,1-2H3. The molecule has 0 saturated carbocycles. The van der Waals surface area contributed by atoms with E-state index in [2.05, 4.69) is 10.1 Å². The van der Waals surface area contributed by atoms with Gasteiger partial charge >= 0.3 is 0 Å². The molecule has 0 spiro atoms. The molecule has 2 heterocycles. The van der Waals surface area contributed by atoms with Crippen molar-refractivity contribution < 1.29 is 14.3 Å². The lowest BCUT2D eigenvalue weighted by atomic mass is 10.1. The summed E-state index contributed by atoms with van der Waals surface area (Å²) in [6.07, 6.45) is 3.28. The number of carbonyl (C=O) groups is 1. The van der Waals surface area contributed by atoms with Gasteiger partial charge in [-0.2, -0.15) is 5.10 Å². The number of halogens is 1. The van der Waals surface area contributed by atoms with Crippen LogP contribution in [-0.4, -0.2) is 41.4 Å². The second-order valence-electron chi connectivity index (χ2n) is 4.37. The number of methoxy groups -OCH3 is 2. The van der Waals surface area contributed by atoms with Crippen molar-refractivity contribution in [3.63, 3.8) is 0 Å². The van der Waals surface area contributed by atoms with Crippen molar-refractivity contribution in [3.05, 3.63) is 40.8 Å². The molecule has 2 aromatic rings. The molecule has 0 fully saturated rings. The Bertz CT molecular complexity index is 610. The summed E-state index contributed by atoms with van der Waals surface area (Å²) >= 11 is 6.05. The highest BCUT2D eigenvalue weighted by Gasteiger charge is 2.18. The zero-order valence-corrected chi connectivity index (χ0v) is 12.6. The van der Waals surface area contributed by atoms with Gasteiger partial charge in [0.15, 0.2) is 5.78 Å². The maximum absolute atomic E-state index is 12.4. The van der Waals surface area contributed by atoms with Gasteiger partial charge in [0.25, 0.3) is 0 Å². The van der Waals surface area contributed by atoms with Crippen molar-refractivity contribution in [2.24, 2.45) is 0 Å². The summed E-state index contributed by atoms with van der Waals surface area (Å²) in [5.41, 5.74) is 1.18. The molecule has 21 heavy (non-hydrogen) atoms. The van der Waals surface area contributed by atoms with Crippen LogP contribution in [-0.2, 0) is 17.7 Å². The van der Waals surface area contributed by atoms with Crippen LogP contribution >= 0.6 is 11.6 Å². The molecule has 2 rings (SSSR count). The molecule has 0 aromatic carbocycles. The van der Waals surface area contributed by atoms with Gasteiger partial charge in [0.2, 0.25) is 5.88 Å². The number of aromatic nitrogens is 3. The van der Waals surface area contributed by atoms with Crippen LogP contribution in [0.4, 0.5) is 0 Å². The molecule has 0 amide bonds. The molecule has 2 aromatic heterocycles. The molecule has 0 radical (unpaired) electrons. The van der Waals surface area contributed by atoms with Crippen molar-refractivity contribution in [1.82, 2.24) is 14.8 Å². The van der Waals surface area contributed by atoms with Crippen molar-refractivity contribution in [3.8, 4) is 5.88 Å². The molecule has 6 nitrogen and oxygen atoms in total. The Labute approximate surface area is 127 Å². The Morgan fingerprint density at radius 1 is 1.33 bits per heavy atom. The fourth-order valence-electron chi connectivity index (χ4n) is 1.89. The van der Waals surface area contributed by atoms with E-state index in [0.717, 1.165) is 5.56 Å². The number of hydrogen-bond donors (Lipinski definition) is 0. The maximum atomic E-state index is 12.4. The number of rotatable bonds is 7. The lowest BCUT2D eigenvalue weighted by Gasteiger charge is -2.07. The number of pyridine rings is 1. The second-order valence-corrected chi connectivity index (χ2v) is 4.77. The Hall–Kier alpha value is -1.92. The van der Waals surface area contributed by atoms with Gasteiger partial charge in [-0.25, -0.2) is 4.98 Å². The summed E-state index contributed by atoms with van der Waals surface area (Å²) in [7, 11) is 3.14. The Balaban J connectivity index is 2.13. The van der Waals surface area contributed by atoms with Crippen LogP contribution in [0.2, 0.25) is 5.02 Å². The summed E-state index contributed by atoms with van der Waals surface area (Å²) in [4.78, 5) is 16.5. The normalized spacial score (nSPS) is 10.6. The van der Waals surface area contributed by atoms with Crippen molar-refractivity contribution in [2.75, 3.05) is 20.8 Å². The van der Waals surface area contributed by atoms with Crippen LogP contribution in [0.15, 0.2) is 24.5 Å². The van der Waals surface area contributed by atoms with E-state index in [9.17, 15) is 4.79 Å². The first-order chi connectivity index (χ1) is 10.2. The number of Topliss-reactive ketones (excluding diaryl/α,β-unsaturated/α-hetero) is 1. The van der Waals surface area contributed by atoms with Crippen molar-refractivity contribution in [1.29, 1.82) is 0 Å². The summed E-state index contributed by atoms with van der Waals surface area (Å²) < 4.78 is 11.5. The fourth-order valence-corrected chi connectivity index (χ4v) is 2.14. The highest BCUT2D eigenvalue weighted by molar-refractivity contribution is 6.33. The number of ether oxygens (including phenoxy) is 2. The maximum Gasteiger partial charge on any atom is 0.212 e. The molecule has 0 bridgehead atoms. The van der Waals surface area contributed by atoms with E-state index in [1.54, 1.807) is 37.2 Å². The summed E-state index contributed by atoms with van der Waals surface area (Å²) in [5.74, 6) is 0.398. The molecular formula is C14H16ClN3O3. The third-order valence-corrected chi connectivity index (χ3v) is 3.21. The fraction of sp³-hybridized carbons (Fsp3) is 0.357. The van der Waals surface area contributed by atoms with E-state index >= 15 is 0 Å². The van der Waals surface area contributed by atoms with Crippen LogP contribution < -0.4 is 4.74 Å². The first-order valence-corrected chi connectivity index (χ1v) is 6.76. The first kappa shape index (κ1) is 15.5. The molecule has 0 aliphatic carbocycles. The first-order valence-electron chi connectivity index (χ1n) is 6.38. The van der Waals surface area contributed by atoms with Gasteiger partial charge in [0.1, 0.15) is 5.69 Å². The molecule has 7 heteroatoms. The van der Waals surface area contributed by atoms with Gasteiger partial charge in [-0.15, -0.1) is 0 Å². The van der Waals surface area contributed by atoms with E-state index in [-0.39, 0.29) is 12.2 Å². The predicted octanol–water partition coefficient (Wildman–Crippen LogP) is 2.01. The minimum atomic E-state index is -0.111. The average Bonchev–Trinajstić information content (AvgIpc) is 2.87. The zero-order valence-electron chi connectivity index (χ0n) is 11.9. The lowest BCUT2D eigenvalue weighted by Crippen LogP contribution is -2.15. The summed E-state index contributed by atoms with van der Waals surface area (Å²) in [6, 6.07) is 3.51. The number of carbonyl (C=O) groups excluding carboxylic acids is 1. The van der Waals surface area contributed by atoms with Gasteiger partial charge in [0, 0.05) is 25.8 Å². The van der Waals surface area contributed by atoms with Gasteiger partial charge in [-0.1, -0.05) is 17.7 Å². The van der Waals surface area contributed by atoms with Crippen LogP contribution in [0, 0.1) is 0 Å². The molecule has 0 aliphatic heterocycles. The summed E-state index contributed by atoms with van der Waals surface area (Å²) in [6.45, 7) is 0.938. The third kappa shape index (κ3) is 3.80. The minimum Gasteiger partial charge on any atom is -0.481 e. The molecular weight excluding hydrogens is 294 g/mol. The van der Waals surface area contributed by atoms with Crippen molar-refractivity contribution in [2.45, 2.75) is 13.0 Å². The van der Waals surface area contributed by atoms with Crippen LogP contribution in [0.5, 0.6) is 5.88 Å². The summed E-state index contributed by atoms with van der Waals surface area (Å²) in [5, 5.41) is 4.44. The average molecular weight is 310 g/mol. The molecule has 0 aliphatic rings. The number of hydrogen-bond acceptors (Lipinski definition) is 5. The largest absolute Gasteiger partial charge is 0.481 e. The van der Waals surface area contributed by atoms with Crippen LogP contribution in [0.1, 0.15) is 16.1 Å². The lowest BCUT2D eigenvalue weighted by molar-refractivity contribution is 0.0979. The number of ketones is 1. The van der Waals surface area contributed by atoms with Gasteiger partial charge in [-0.3, -0.25) is 9.48 Å². The molecule has 0 saturated heterocycles. The monoisotopic (exact) mass is 309 g/mol. The van der Waals surface area contributed by atoms with E-state index in [4.69, 9.17) is 21.1 Å².